The third-order valence-corrected chi connectivity index (χ3v) is 5.93. The van der Waals surface area contributed by atoms with Crippen molar-refractivity contribution in [3.05, 3.63) is 40.7 Å². The lowest BCUT2D eigenvalue weighted by atomic mass is 9.95. The fourth-order valence-electron chi connectivity index (χ4n) is 4.29. The van der Waals surface area contributed by atoms with E-state index < -0.39 is 0 Å². The van der Waals surface area contributed by atoms with Crippen molar-refractivity contribution in [2.75, 3.05) is 16.8 Å². The third kappa shape index (κ3) is 3.03. The molecule has 0 spiro atoms. The Morgan fingerprint density at radius 2 is 1.96 bits per heavy atom. The van der Waals surface area contributed by atoms with E-state index in [-0.39, 0.29) is 17.7 Å². The van der Waals surface area contributed by atoms with Gasteiger partial charge in [-0.3, -0.25) is 14.7 Å². The first-order valence-corrected chi connectivity index (χ1v) is 10.0. The SMILES string of the molecule is O=C(Nc1ccc2c(c1)N(C(=O)C1CC1)CCC2)c1n[nH]c2c1CCCC2. The van der Waals surface area contributed by atoms with Crippen LogP contribution in [0, 0.1) is 5.92 Å². The predicted octanol–water partition coefficient (Wildman–Crippen LogP) is 3.23. The van der Waals surface area contributed by atoms with Crippen molar-refractivity contribution < 1.29 is 9.59 Å². The van der Waals surface area contributed by atoms with Gasteiger partial charge in [0.25, 0.3) is 5.91 Å². The Hall–Kier alpha value is -2.63. The number of fused-ring (bicyclic) bond motifs is 2. The molecule has 3 aliphatic rings. The normalized spacial score (nSPS) is 18.6. The van der Waals surface area contributed by atoms with Crippen molar-refractivity contribution in [2.24, 2.45) is 5.92 Å². The first kappa shape index (κ1) is 16.5. The molecule has 140 valence electrons. The van der Waals surface area contributed by atoms with Crippen LogP contribution in [0.5, 0.6) is 0 Å². The van der Waals surface area contributed by atoms with E-state index in [1.165, 1.54) is 5.56 Å². The first-order chi connectivity index (χ1) is 13.2. The van der Waals surface area contributed by atoms with E-state index in [2.05, 4.69) is 15.5 Å². The molecule has 27 heavy (non-hydrogen) atoms. The van der Waals surface area contributed by atoms with Gasteiger partial charge in [-0.05, 0) is 69.1 Å². The number of nitrogens with zero attached hydrogens (tertiary/aromatic N) is 2. The Morgan fingerprint density at radius 3 is 2.81 bits per heavy atom. The van der Waals surface area contributed by atoms with Crippen molar-refractivity contribution in [3.8, 4) is 0 Å². The minimum absolute atomic E-state index is 0.176. The molecule has 2 aromatic rings. The number of anilines is 2. The molecule has 2 heterocycles. The second-order valence-corrected chi connectivity index (χ2v) is 7.90. The highest BCUT2D eigenvalue weighted by atomic mass is 16.2. The first-order valence-electron chi connectivity index (χ1n) is 10.0. The van der Waals surface area contributed by atoms with Crippen LogP contribution in [0.25, 0.3) is 0 Å². The lowest BCUT2D eigenvalue weighted by Crippen LogP contribution is -2.36. The van der Waals surface area contributed by atoms with Gasteiger partial charge in [-0.15, -0.1) is 0 Å². The molecule has 5 rings (SSSR count). The molecule has 0 atom stereocenters. The highest BCUT2D eigenvalue weighted by Gasteiger charge is 2.35. The number of H-pyrrole nitrogens is 1. The molecule has 1 aromatic heterocycles. The maximum atomic E-state index is 12.8. The molecule has 6 heteroatoms. The molecule has 1 fully saturated rings. The summed E-state index contributed by atoms with van der Waals surface area (Å²) in [7, 11) is 0. The van der Waals surface area contributed by atoms with Crippen LogP contribution in [-0.2, 0) is 24.1 Å². The quantitative estimate of drug-likeness (QED) is 0.878. The number of aromatic nitrogens is 2. The Labute approximate surface area is 158 Å². The molecule has 0 radical (unpaired) electrons. The minimum Gasteiger partial charge on any atom is -0.321 e. The summed E-state index contributed by atoms with van der Waals surface area (Å²) in [5.41, 5.74) is 5.53. The number of carbonyl (C=O) groups is 2. The largest absolute Gasteiger partial charge is 0.321 e. The number of nitrogens with one attached hydrogen (secondary N) is 2. The summed E-state index contributed by atoms with van der Waals surface area (Å²) in [6.45, 7) is 0.770. The number of hydrogen-bond acceptors (Lipinski definition) is 3. The van der Waals surface area contributed by atoms with Crippen molar-refractivity contribution in [1.82, 2.24) is 10.2 Å². The lowest BCUT2D eigenvalue weighted by Gasteiger charge is -2.30. The Bertz CT molecular complexity index is 913. The molecule has 1 aliphatic heterocycles. The van der Waals surface area contributed by atoms with Crippen molar-refractivity contribution in [2.45, 2.75) is 51.4 Å². The van der Waals surface area contributed by atoms with Crippen LogP contribution >= 0.6 is 0 Å². The van der Waals surface area contributed by atoms with Gasteiger partial charge in [0.15, 0.2) is 5.69 Å². The number of aryl methyl sites for hydroxylation is 2. The van der Waals surface area contributed by atoms with Crippen LogP contribution in [-0.4, -0.2) is 28.6 Å². The molecule has 0 saturated heterocycles. The molecule has 0 bridgehead atoms. The van der Waals surface area contributed by atoms with Crippen LogP contribution in [0.15, 0.2) is 18.2 Å². The maximum Gasteiger partial charge on any atom is 0.276 e. The Balaban J connectivity index is 1.40. The van der Waals surface area contributed by atoms with Gasteiger partial charge in [-0.2, -0.15) is 5.10 Å². The standard InChI is InChI=1S/C21H24N4O2/c26-20(19-16-5-1-2-6-17(16)23-24-19)22-15-10-9-13-4-3-11-25(18(13)12-15)21(27)14-7-8-14/h9-10,12,14H,1-8,11H2,(H,22,26)(H,23,24). The van der Waals surface area contributed by atoms with Crippen LogP contribution in [0.1, 0.15) is 59.4 Å². The molecule has 1 saturated carbocycles. The van der Waals surface area contributed by atoms with Crippen molar-refractivity contribution in [1.29, 1.82) is 0 Å². The van der Waals surface area contributed by atoms with Gasteiger partial charge in [0.2, 0.25) is 5.91 Å². The van der Waals surface area contributed by atoms with E-state index in [0.717, 1.165) is 80.5 Å². The smallest absolute Gasteiger partial charge is 0.276 e. The molecule has 1 aromatic carbocycles. The average Bonchev–Trinajstić information content (AvgIpc) is 3.45. The van der Waals surface area contributed by atoms with Gasteiger partial charge >= 0.3 is 0 Å². The average molecular weight is 364 g/mol. The van der Waals surface area contributed by atoms with Gasteiger partial charge < -0.3 is 10.2 Å². The summed E-state index contributed by atoms with van der Waals surface area (Å²) in [6.07, 6.45) is 8.10. The molecule has 2 amide bonds. The number of amides is 2. The maximum absolute atomic E-state index is 12.8. The zero-order valence-electron chi connectivity index (χ0n) is 15.4. The molecule has 2 N–H and O–H groups in total. The van der Waals surface area contributed by atoms with Gasteiger partial charge in [0.1, 0.15) is 0 Å². The molecular formula is C21H24N4O2. The number of aromatic amines is 1. The van der Waals surface area contributed by atoms with Crippen LogP contribution < -0.4 is 10.2 Å². The van der Waals surface area contributed by atoms with E-state index in [1.807, 2.05) is 23.1 Å². The Kier molecular flexibility index (Phi) is 3.99. The highest BCUT2D eigenvalue weighted by molar-refractivity contribution is 6.05. The van der Waals surface area contributed by atoms with Crippen LogP contribution in [0.2, 0.25) is 0 Å². The molecule has 2 aliphatic carbocycles. The van der Waals surface area contributed by atoms with Gasteiger partial charge in [0, 0.05) is 35.1 Å². The second-order valence-electron chi connectivity index (χ2n) is 7.90. The van der Waals surface area contributed by atoms with Gasteiger partial charge in [-0.1, -0.05) is 6.07 Å². The van der Waals surface area contributed by atoms with Crippen molar-refractivity contribution in [3.63, 3.8) is 0 Å². The Morgan fingerprint density at radius 1 is 1.11 bits per heavy atom. The van der Waals surface area contributed by atoms with E-state index in [0.29, 0.717) is 5.69 Å². The third-order valence-electron chi connectivity index (χ3n) is 5.93. The fraction of sp³-hybridized carbons (Fsp3) is 0.476. The van der Waals surface area contributed by atoms with Crippen molar-refractivity contribution >= 4 is 23.2 Å². The minimum atomic E-state index is -0.176. The predicted molar refractivity (Wildman–Crippen MR) is 103 cm³/mol. The number of rotatable bonds is 3. The van der Waals surface area contributed by atoms with E-state index in [4.69, 9.17) is 0 Å². The summed E-state index contributed by atoms with van der Waals surface area (Å²) in [4.78, 5) is 27.3. The van der Waals surface area contributed by atoms with E-state index >= 15 is 0 Å². The number of carbonyl (C=O) groups excluding carboxylic acids is 2. The topological polar surface area (TPSA) is 78.1 Å². The van der Waals surface area contributed by atoms with E-state index in [1.54, 1.807) is 0 Å². The number of hydrogen-bond donors (Lipinski definition) is 2. The summed E-state index contributed by atoms with van der Waals surface area (Å²) < 4.78 is 0. The lowest BCUT2D eigenvalue weighted by molar-refractivity contribution is -0.119. The highest BCUT2D eigenvalue weighted by Crippen LogP contribution is 2.37. The molecular weight excluding hydrogens is 340 g/mol. The molecule has 0 unspecified atom stereocenters. The van der Waals surface area contributed by atoms with Gasteiger partial charge in [0.05, 0.1) is 0 Å². The fourth-order valence-corrected chi connectivity index (χ4v) is 4.29. The zero-order valence-corrected chi connectivity index (χ0v) is 15.4. The molecule has 6 nitrogen and oxygen atoms in total. The van der Waals surface area contributed by atoms with Crippen LogP contribution in [0.3, 0.4) is 0 Å². The monoisotopic (exact) mass is 364 g/mol. The van der Waals surface area contributed by atoms with Crippen LogP contribution in [0.4, 0.5) is 11.4 Å². The summed E-state index contributed by atoms with van der Waals surface area (Å²) in [5, 5.41) is 10.3. The van der Waals surface area contributed by atoms with Gasteiger partial charge in [-0.25, -0.2) is 0 Å². The second kappa shape index (κ2) is 6.51. The van der Waals surface area contributed by atoms with E-state index in [9.17, 15) is 9.59 Å². The zero-order chi connectivity index (χ0) is 18.4. The summed E-state index contributed by atoms with van der Waals surface area (Å²) >= 11 is 0. The summed E-state index contributed by atoms with van der Waals surface area (Å²) in [5.74, 6) is 0.260. The summed E-state index contributed by atoms with van der Waals surface area (Å²) in [6, 6.07) is 5.92. The number of benzene rings is 1.